The molecule has 9 nitrogen and oxygen atoms in total. The molecule has 220 valence electrons. The molecule has 0 spiro atoms. The van der Waals surface area contributed by atoms with Crippen molar-refractivity contribution in [3.63, 3.8) is 0 Å². The fourth-order valence-electron chi connectivity index (χ4n) is 6.07. The third-order valence-corrected chi connectivity index (χ3v) is 10.3. The number of amides is 1. The summed E-state index contributed by atoms with van der Waals surface area (Å²) in [6.45, 7) is 2.34. The highest BCUT2D eigenvalue weighted by molar-refractivity contribution is 7.87. The number of carbonyl (C=O) groups is 2. The zero-order valence-corrected chi connectivity index (χ0v) is 25.1. The van der Waals surface area contributed by atoms with E-state index in [0.717, 1.165) is 70.7 Å². The topological polar surface area (TPSA) is 107 Å². The third kappa shape index (κ3) is 5.59. The van der Waals surface area contributed by atoms with Crippen LogP contribution in [0.4, 0.5) is 0 Å². The Bertz CT molecular complexity index is 1550. The number of esters is 1. The molecule has 0 aliphatic heterocycles. The van der Waals surface area contributed by atoms with Crippen LogP contribution in [0.5, 0.6) is 5.75 Å². The van der Waals surface area contributed by atoms with E-state index in [0.29, 0.717) is 12.5 Å². The van der Waals surface area contributed by atoms with Crippen LogP contribution < -0.4 is 9.46 Å². The molecule has 2 saturated carbocycles. The van der Waals surface area contributed by atoms with E-state index in [1.54, 1.807) is 26.2 Å². The van der Waals surface area contributed by atoms with Gasteiger partial charge in [-0.15, -0.1) is 0 Å². The summed E-state index contributed by atoms with van der Waals surface area (Å²) in [5.41, 5.74) is 3.67. The van der Waals surface area contributed by atoms with Gasteiger partial charge in [-0.25, -0.2) is 4.72 Å². The first kappa shape index (κ1) is 29.1. The molecule has 0 unspecified atom stereocenters. The van der Waals surface area contributed by atoms with Gasteiger partial charge in [0, 0.05) is 36.6 Å². The monoisotopic (exact) mass is 581 g/mol. The van der Waals surface area contributed by atoms with E-state index in [4.69, 9.17) is 9.47 Å². The minimum atomic E-state index is -3.97. The summed E-state index contributed by atoms with van der Waals surface area (Å²) < 4.78 is 41.3. The fraction of sp³-hybridized carbons (Fsp3) is 0.484. The largest absolute Gasteiger partial charge is 0.497 e. The fourth-order valence-corrected chi connectivity index (χ4v) is 6.92. The highest BCUT2D eigenvalue weighted by atomic mass is 32.2. The smallest absolute Gasteiger partial charge is 0.313 e. The maximum atomic E-state index is 13.2. The maximum Gasteiger partial charge on any atom is 0.313 e. The normalized spacial score (nSPS) is 17.0. The lowest BCUT2D eigenvalue weighted by Gasteiger charge is -2.24. The quantitative estimate of drug-likeness (QED) is 0.328. The van der Waals surface area contributed by atoms with Crippen LogP contribution in [0.25, 0.3) is 22.2 Å². The molecule has 2 aliphatic rings. The van der Waals surface area contributed by atoms with Crippen LogP contribution in [0.2, 0.25) is 0 Å². The van der Waals surface area contributed by atoms with Crippen molar-refractivity contribution in [3.8, 4) is 17.0 Å². The number of nitrogens with one attached hydrogen (secondary N) is 1. The van der Waals surface area contributed by atoms with Gasteiger partial charge < -0.3 is 14.0 Å². The number of fused-ring (bicyclic) bond motifs is 1. The molecule has 0 atom stereocenters. The van der Waals surface area contributed by atoms with Crippen molar-refractivity contribution in [1.82, 2.24) is 13.6 Å². The predicted octanol–water partition coefficient (Wildman–Crippen LogP) is 5.24. The molecular formula is C31H39N3O6S. The van der Waals surface area contributed by atoms with Crippen LogP contribution in [0, 0.1) is 5.41 Å². The number of hydrogen-bond acceptors (Lipinski definition) is 6. The van der Waals surface area contributed by atoms with E-state index in [2.05, 4.69) is 9.29 Å². The summed E-state index contributed by atoms with van der Waals surface area (Å²) in [4.78, 5) is 26.1. The number of methoxy groups -OCH3 is 2. The van der Waals surface area contributed by atoms with Crippen LogP contribution >= 0.6 is 0 Å². The molecule has 5 rings (SSSR count). The molecule has 2 aromatic carbocycles. The first-order valence-electron chi connectivity index (χ1n) is 14.3. The zero-order chi connectivity index (χ0) is 29.4. The Morgan fingerprint density at radius 3 is 2.32 bits per heavy atom. The summed E-state index contributed by atoms with van der Waals surface area (Å²) in [5, 5.41) is 1.02. The van der Waals surface area contributed by atoms with Gasteiger partial charge in [-0.3, -0.25) is 9.59 Å². The van der Waals surface area contributed by atoms with Crippen LogP contribution in [0.1, 0.15) is 73.7 Å². The molecule has 1 N–H and O–H groups in total. The Labute approximate surface area is 242 Å². The van der Waals surface area contributed by atoms with Gasteiger partial charge in [0.2, 0.25) is 0 Å². The Hall–Kier alpha value is -3.37. The van der Waals surface area contributed by atoms with E-state index >= 15 is 0 Å². The maximum absolute atomic E-state index is 13.2. The summed E-state index contributed by atoms with van der Waals surface area (Å²) in [5.74, 6) is 0.151. The molecule has 2 aliphatic carbocycles. The van der Waals surface area contributed by atoms with Gasteiger partial charge >= 0.3 is 16.2 Å². The van der Waals surface area contributed by atoms with Crippen molar-refractivity contribution >= 4 is 33.0 Å². The van der Waals surface area contributed by atoms with Gasteiger partial charge in [-0.1, -0.05) is 32.3 Å². The van der Waals surface area contributed by atoms with Crippen LogP contribution in [-0.4, -0.2) is 57.0 Å². The van der Waals surface area contributed by atoms with Crippen molar-refractivity contribution in [3.05, 3.63) is 53.6 Å². The average molecular weight is 582 g/mol. The van der Waals surface area contributed by atoms with Gasteiger partial charge in [0.15, 0.2) is 0 Å². The average Bonchev–Trinajstić information content (AvgIpc) is 3.72. The standard InChI is InChI=1S/C31H39N3O6S/c1-5-33(2)41(37,38)32-29(35)23-13-16-25-26(19-23)34(20-31(17-18-31)30(36)40-4)28(22-11-14-24(39-3)15-12-22)27(25)21-9-7-6-8-10-21/h11-16,19,21H,5-10,17-18,20H2,1-4H3,(H,32,35). The van der Waals surface area contributed by atoms with E-state index < -0.39 is 21.5 Å². The Balaban J connectivity index is 1.71. The second kappa shape index (κ2) is 11.5. The predicted molar refractivity (Wildman–Crippen MR) is 158 cm³/mol. The van der Waals surface area contributed by atoms with Crippen LogP contribution in [0.3, 0.4) is 0 Å². The highest BCUT2D eigenvalue weighted by Crippen LogP contribution is 2.51. The van der Waals surface area contributed by atoms with Crippen molar-refractivity contribution in [1.29, 1.82) is 0 Å². The van der Waals surface area contributed by atoms with Crippen molar-refractivity contribution in [2.45, 2.75) is 64.3 Å². The number of benzene rings is 2. The van der Waals surface area contributed by atoms with E-state index in [1.807, 2.05) is 30.3 Å². The number of carbonyl (C=O) groups excluding carboxylic acids is 2. The van der Waals surface area contributed by atoms with E-state index in [-0.39, 0.29) is 18.1 Å². The van der Waals surface area contributed by atoms with Gasteiger partial charge in [0.25, 0.3) is 5.91 Å². The van der Waals surface area contributed by atoms with Crippen molar-refractivity contribution in [2.75, 3.05) is 27.8 Å². The molecular weight excluding hydrogens is 542 g/mol. The second-order valence-corrected chi connectivity index (χ2v) is 13.0. The number of rotatable bonds is 10. The number of ether oxygens (including phenoxy) is 2. The van der Waals surface area contributed by atoms with E-state index in [9.17, 15) is 18.0 Å². The zero-order valence-electron chi connectivity index (χ0n) is 24.2. The number of aromatic nitrogens is 1. The molecule has 1 aromatic heterocycles. The molecule has 1 amide bonds. The third-order valence-electron chi connectivity index (χ3n) is 8.75. The summed E-state index contributed by atoms with van der Waals surface area (Å²) in [6.07, 6.45) is 7.08. The minimum absolute atomic E-state index is 0.232. The van der Waals surface area contributed by atoms with Gasteiger partial charge in [0.05, 0.1) is 25.3 Å². The molecule has 0 saturated heterocycles. The minimum Gasteiger partial charge on any atom is -0.497 e. The first-order valence-corrected chi connectivity index (χ1v) is 15.8. The lowest BCUT2D eigenvalue weighted by Crippen LogP contribution is -2.41. The molecule has 0 bridgehead atoms. The Morgan fingerprint density at radius 1 is 1.05 bits per heavy atom. The van der Waals surface area contributed by atoms with Crippen LogP contribution in [-0.2, 0) is 26.3 Å². The summed E-state index contributed by atoms with van der Waals surface area (Å²) in [6, 6.07) is 13.3. The number of nitrogens with zero attached hydrogens (tertiary/aromatic N) is 2. The van der Waals surface area contributed by atoms with Crippen molar-refractivity contribution in [2.24, 2.45) is 5.41 Å². The molecule has 0 radical (unpaired) electrons. The molecule has 41 heavy (non-hydrogen) atoms. The van der Waals surface area contributed by atoms with E-state index in [1.165, 1.54) is 26.1 Å². The highest BCUT2D eigenvalue weighted by Gasteiger charge is 2.52. The second-order valence-electron chi connectivity index (χ2n) is 11.3. The molecule has 10 heteroatoms. The first-order chi connectivity index (χ1) is 19.6. The Morgan fingerprint density at radius 2 is 1.73 bits per heavy atom. The lowest BCUT2D eigenvalue weighted by molar-refractivity contribution is -0.147. The molecule has 3 aromatic rings. The van der Waals surface area contributed by atoms with Gasteiger partial charge in [0.1, 0.15) is 5.75 Å². The SMILES string of the molecule is CCN(C)S(=O)(=O)NC(=O)c1ccc2c(C3CCCCC3)c(-c3ccc(OC)cc3)n(CC3(C(=O)OC)CC3)c2c1. The van der Waals surface area contributed by atoms with Crippen molar-refractivity contribution < 1.29 is 27.5 Å². The van der Waals surface area contributed by atoms with Gasteiger partial charge in [-0.05, 0) is 79.1 Å². The lowest BCUT2D eigenvalue weighted by atomic mass is 9.81. The Kier molecular flexibility index (Phi) is 8.16. The molecule has 2 fully saturated rings. The van der Waals surface area contributed by atoms with Crippen LogP contribution in [0.15, 0.2) is 42.5 Å². The molecule has 1 heterocycles. The van der Waals surface area contributed by atoms with Gasteiger partial charge in [-0.2, -0.15) is 12.7 Å². The number of hydrogen-bond donors (Lipinski definition) is 1. The summed E-state index contributed by atoms with van der Waals surface area (Å²) in [7, 11) is 0.507. The summed E-state index contributed by atoms with van der Waals surface area (Å²) >= 11 is 0.